The Hall–Kier alpha value is -1.62. The molecule has 1 aliphatic heterocycles. The lowest BCUT2D eigenvalue weighted by atomic mass is 9.97. The molecule has 18 heavy (non-hydrogen) atoms. The number of halogens is 1. The van der Waals surface area contributed by atoms with E-state index in [1.54, 1.807) is 13.0 Å². The Morgan fingerprint density at radius 3 is 2.83 bits per heavy atom. The van der Waals surface area contributed by atoms with Gasteiger partial charge in [-0.2, -0.15) is 0 Å². The predicted octanol–water partition coefficient (Wildman–Crippen LogP) is 1.88. The van der Waals surface area contributed by atoms with Gasteiger partial charge in [-0.3, -0.25) is 4.79 Å². The minimum atomic E-state index is -0.803. The van der Waals surface area contributed by atoms with E-state index in [0.29, 0.717) is 24.3 Å². The van der Waals surface area contributed by atoms with Gasteiger partial charge in [0.05, 0.1) is 13.0 Å². The maximum Gasteiger partial charge on any atom is 0.307 e. The third-order valence-electron chi connectivity index (χ3n) is 3.43. The van der Waals surface area contributed by atoms with Crippen molar-refractivity contribution in [2.45, 2.75) is 19.4 Å². The molecule has 2 N–H and O–H groups in total. The molecule has 1 aromatic rings. The Kier molecular flexibility index (Phi) is 3.52. The van der Waals surface area contributed by atoms with Crippen molar-refractivity contribution in [1.29, 1.82) is 0 Å². The van der Waals surface area contributed by atoms with Crippen molar-refractivity contribution in [3.63, 3.8) is 0 Å². The van der Waals surface area contributed by atoms with Crippen LogP contribution in [0, 0.1) is 18.7 Å². The van der Waals surface area contributed by atoms with Crippen molar-refractivity contribution < 1.29 is 19.0 Å². The highest BCUT2D eigenvalue weighted by Crippen LogP contribution is 2.35. The minimum Gasteiger partial charge on any atom is -0.496 e. The smallest absolute Gasteiger partial charge is 0.307 e. The fourth-order valence-corrected chi connectivity index (χ4v) is 2.39. The summed E-state index contributed by atoms with van der Waals surface area (Å²) in [6.45, 7) is 2.08. The van der Waals surface area contributed by atoms with Crippen molar-refractivity contribution in [2.75, 3.05) is 13.7 Å². The fraction of sp³-hybridized carbons (Fsp3) is 0.462. The number of ether oxygens (including phenoxy) is 1. The second-order valence-electron chi connectivity index (χ2n) is 4.53. The van der Waals surface area contributed by atoms with E-state index in [9.17, 15) is 9.18 Å². The molecular weight excluding hydrogens is 237 g/mol. The first-order valence-electron chi connectivity index (χ1n) is 5.83. The molecule has 1 aliphatic rings. The molecule has 2 rings (SSSR count). The van der Waals surface area contributed by atoms with Gasteiger partial charge >= 0.3 is 5.97 Å². The third-order valence-corrected chi connectivity index (χ3v) is 3.43. The van der Waals surface area contributed by atoms with Gasteiger partial charge in [-0.15, -0.1) is 0 Å². The maximum absolute atomic E-state index is 13.4. The molecule has 4 nitrogen and oxygen atoms in total. The Balaban J connectivity index is 2.30. The highest BCUT2D eigenvalue weighted by molar-refractivity contribution is 5.71. The molecule has 0 aromatic heterocycles. The summed E-state index contributed by atoms with van der Waals surface area (Å²) in [4.78, 5) is 10.9. The second kappa shape index (κ2) is 4.94. The number of carboxylic acid groups (broad SMARTS) is 1. The molecule has 1 heterocycles. The molecule has 0 aliphatic carbocycles. The van der Waals surface area contributed by atoms with Gasteiger partial charge in [0, 0.05) is 23.7 Å². The minimum absolute atomic E-state index is 0.0969. The quantitative estimate of drug-likeness (QED) is 0.863. The number of aliphatic carboxylic acids is 1. The summed E-state index contributed by atoms with van der Waals surface area (Å²) in [7, 11) is 1.49. The van der Waals surface area contributed by atoms with E-state index < -0.39 is 11.9 Å². The molecule has 2 atom stereocenters. The zero-order valence-corrected chi connectivity index (χ0v) is 10.4. The number of carbonyl (C=O) groups is 1. The summed E-state index contributed by atoms with van der Waals surface area (Å²) in [6, 6.07) is 2.95. The number of hydrogen-bond donors (Lipinski definition) is 2. The molecule has 98 valence electrons. The average Bonchev–Trinajstić information content (AvgIpc) is 2.82. The largest absolute Gasteiger partial charge is 0.496 e. The van der Waals surface area contributed by atoms with Crippen LogP contribution >= 0.6 is 0 Å². The zero-order valence-electron chi connectivity index (χ0n) is 10.4. The first-order chi connectivity index (χ1) is 8.54. The van der Waals surface area contributed by atoms with Crippen LogP contribution in [-0.4, -0.2) is 24.7 Å². The van der Waals surface area contributed by atoms with Crippen LogP contribution < -0.4 is 10.1 Å². The molecule has 0 spiro atoms. The summed E-state index contributed by atoms with van der Waals surface area (Å²) in [5.74, 6) is -1.02. The van der Waals surface area contributed by atoms with Gasteiger partial charge in [0.25, 0.3) is 0 Å². The van der Waals surface area contributed by atoms with Crippen molar-refractivity contribution in [3.8, 4) is 5.75 Å². The monoisotopic (exact) mass is 253 g/mol. The molecule has 1 fully saturated rings. The Bertz CT molecular complexity index is 476. The number of methoxy groups -OCH3 is 1. The van der Waals surface area contributed by atoms with Crippen molar-refractivity contribution >= 4 is 5.97 Å². The van der Waals surface area contributed by atoms with Crippen LogP contribution in [0.2, 0.25) is 0 Å². The molecule has 0 amide bonds. The summed E-state index contributed by atoms with van der Waals surface area (Å²) in [6.07, 6.45) is 0.497. The predicted molar refractivity (Wildman–Crippen MR) is 64.2 cm³/mol. The SMILES string of the molecule is COc1c(C2CC(C(=O)O)CN2)ccc(F)c1C. The molecule has 0 bridgehead atoms. The number of rotatable bonds is 3. The molecule has 1 aromatic carbocycles. The van der Waals surface area contributed by atoms with Gasteiger partial charge in [-0.25, -0.2) is 4.39 Å². The Labute approximate surface area is 105 Å². The zero-order chi connectivity index (χ0) is 13.3. The van der Waals surface area contributed by atoms with E-state index in [4.69, 9.17) is 9.84 Å². The average molecular weight is 253 g/mol. The number of hydrogen-bond acceptors (Lipinski definition) is 3. The van der Waals surface area contributed by atoms with Crippen molar-refractivity contribution in [1.82, 2.24) is 5.32 Å². The summed E-state index contributed by atoms with van der Waals surface area (Å²) >= 11 is 0. The van der Waals surface area contributed by atoms with Crippen LogP contribution in [0.15, 0.2) is 12.1 Å². The summed E-state index contributed by atoms with van der Waals surface area (Å²) < 4.78 is 18.7. The van der Waals surface area contributed by atoms with Gasteiger partial charge in [-0.05, 0) is 19.4 Å². The van der Waals surface area contributed by atoms with Gasteiger partial charge < -0.3 is 15.2 Å². The van der Waals surface area contributed by atoms with Crippen LogP contribution in [0.25, 0.3) is 0 Å². The standard InChI is InChI=1S/C13H16FNO3/c1-7-10(14)4-3-9(12(7)18-2)11-5-8(6-15-11)13(16)17/h3-4,8,11,15H,5-6H2,1-2H3,(H,16,17). The molecule has 2 unspecified atom stereocenters. The van der Waals surface area contributed by atoms with Crippen LogP contribution in [0.5, 0.6) is 5.75 Å². The number of nitrogens with one attached hydrogen (secondary N) is 1. The van der Waals surface area contributed by atoms with E-state index in [2.05, 4.69) is 5.32 Å². The van der Waals surface area contributed by atoms with E-state index >= 15 is 0 Å². The lowest BCUT2D eigenvalue weighted by molar-refractivity contribution is -0.141. The first kappa shape index (κ1) is 12.8. The van der Waals surface area contributed by atoms with Crippen molar-refractivity contribution in [3.05, 3.63) is 29.1 Å². The van der Waals surface area contributed by atoms with Crippen LogP contribution in [0.1, 0.15) is 23.6 Å². The fourth-order valence-electron chi connectivity index (χ4n) is 2.39. The highest BCUT2D eigenvalue weighted by Gasteiger charge is 2.32. The topological polar surface area (TPSA) is 58.6 Å². The lowest BCUT2D eigenvalue weighted by Gasteiger charge is -2.17. The van der Waals surface area contributed by atoms with Crippen LogP contribution in [0.3, 0.4) is 0 Å². The van der Waals surface area contributed by atoms with E-state index in [-0.39, 0.29) is 11.9 Å². The highest BCUT2D eigenvalue weighted by atomic mass is 19.1. The number of benzene rings is 1. The van der Waals surface area contributed by atoms with Gasteiger partial charge in [0.1, 0.15) is 11.6 Å². The maximum atomic E-state index is 13.4. The van der Waals surface area contributed by atoms with Crippen LogP contribution in [0.4, 0.5) is 4.39 Å². The summed E-state index contributed by atoms with van der Waals surface area (Å²) in [5, 5.41) is 12.1. The molecule has 0 radical (unpaired) electrons. The van der Waals surface area contributed by atoms with E-state index in [1.165, 1.54) is 13.2 Å². The van der Waals surface area contributed by atoms with Gasteiger partial charge in [-0.1, -0.05) is 6.07 Å². The molecule has 0 saturated carbocycles. The van der Waals surface area contributed by atoms with E-state index in [1.807, 2.05) is 0 Å². The Morgan fingerprint density at radius 1 is 1.56 bits per heavy atom. The van der Waals surface area contributed by atoms with Gasteiger partial charge in [0.2, 0.25) is 0 Å². The van der Waals surface area contributed by atoms with Crippen LogP contribution in [-0.2, 0) is 4.79 Å². The van der Waals surface area contributed by atoms with E-state index in [0.717, 1.165) is 5.56 Å². The Morgan fingerprint density at radius 2 is 2.28 bits per heavy atom. The lowest BCUT2D eigenvalue weighted by Crippen LogP contribution is -2.17. The second-order valence-corrected chi connectivity index (χ2v) is 4.53. The first-order valence-corrected chi connectivity index (χ1v) is 5.83. The third kappa shape index (κ3) is 2.18. The summed E-state index contributed by atoms with van der Waals surface area (Å²) in [5.41, 5.74) is 1.27. The molecule has 5 heteroatoms. The normalized spacial score (nSPS) is 23.1. The molecule has 1 saturated heterocycles. The molecular formula is C13H16FNO3. The van der Waals surface area contributed by atoms with Gasteiger partial charge in [0.15, 0.2) is 0 Å². The van der Waals surface area contributed by atoms with Crippen molar-refractivity contribution in [2.24, 2.45) is 5.92 Å². The number of carboxylic acids is 1.